The third-order valence-electron chi connectivity index (χ3n) is 12.5. The van der Waals surface area contributed by atoms with Crippen LogP contribution in [0.3, 0.4) is 0 Å². The van der Waals surface area contributed by atoms with Gasteiger partial charge in [-0.05, 0) is 57.8 Å². The first-order valence-electron chi connectivity index (χ1n) is 26.2. The molecule has 2 rings (SSSR count). The Balaban J connectivity index is 2.11. The Morgan fingerprint density at radius 2 is 0.955 bits per heavy atom. The van der Waals surface area contributed by atoms with Gasteiger partial charge < -0.3 is 43.3 Å². The number of aliphatic hydroxyl groups is 1. The summed E-state index contributed by atoms with van der Waals surface area (Å²) in [6.45, 7) is 6.55. The molecule has 0 spiro atoms. The molecule has 0 saturated carbocycles. The molecule has 0 aromatic carbocycles. The van der Waals surface area contributed by atoms with E-state index in [4.69, 9.17) is 28.4 Å². The lowest BCUT2D eigenvalue weighted by Crippen LogP contribution is -2.44. The average molecular weight is 951 g/mol. The van der Waals surface area contributed by atoms with Crippen molar-refractivity contribution in [1.29, 1.82) is 0 Å². The number of nitrogens with zero attached hydrogens (tertiary/aromatic N) is 2. The number of carbonyl (C=O) groups is 6. The summed E-state index contributed by atoms with van der Waals surface area (Å²) < 4.78 is 34.1. The van der Waals surface area contributed by atoms with Crippen LogP contribution in [0.4, 0.5) is 4.79 Å². The molecule has 2 aliphatic heterocycles. The van der Waals surface area contributed by atoms with Crippen molar-refractivity contribution in [3.63, 3.8) is 0 Å². The summed E-state index contributed by atoms with van der Waals surface area (Å²) in [5.74, 6) is -3.79. The molecule has 2 heterocycles. The van der Waals surface area contributed by atoms with Crippen molar-refractivity contribution in [2.24, 2.45) is 11.8 Å². The van der Waals surface area contributed by atoms with E-state index in [-0.39, 0.29) is 95.6 Å². The van der Waals surface area contributed by atoms with Gasteiger partial charge >= 0.3 is 35.9 Å². The standard InChI is InChI=1S/C52H90N2O13/c1-5-8-11-14-17-22-27-47(56)62-38-42(37-55)33-50(59)66-45-30-31-46(36-54(35-45)52(61)65-41-44-26-21-20-25-32-53(44)4)67-51(60)34-43(39-63-48(57)28-23-18-15-12-9-6-2)40-64-49(58)29-24-19-16-13-10-7-3/h30-31,42-46,55H,5-29,32-41H2,1-4H3/t42?,44?,45-,46+/m0/s1. The van der Waals surface area contributed by atoms with Gasteiger partial charge in [0.1, 0.15) is 18.8 Å². The van der Waals surface area contributed by atoms with E-state index < -0.39 is 48.7 Å². The molecule has 1 N–H and O–H groups in total. The molecule has 0 aromatic heterocycles. The number of unbranched alkanes of at least 4 members (excludes halogenated alkanes) is 15. The molecule has 1 amide bonds. The van der Waals surface area contributed by atoms with Crippen LogP contribution in [0.1, 0.15) is 194 Å². The minimum atomic E-state index is -0.952. The van der Waals surface area contributed by atoms with E-state index in [1.165, 1.54) is 11.3 Å². The summed E-state index contributed by atoms with van der Waals surface area (Å²) in [7, 11) is 2.02. The number of rotatable bonds is 36. The Bertz CT molecular complexity index is 1380. The maximum absolute atomic E-state index is 13.7. The minimum Gasteiger partial charge on any atom is -0.465 e. The van der Waals surface area contributed by atoms with Gasteiger partial charge in [-0.15, -0.1) is 0 Å². The van der Waals surface area contributed by atoms with Gasteiger partial charge in [0.25, 0.3) is 0 Å². The van der Waals surface area contributed by atoms with E-state index in [1.807, 2.05) is 7.05 Å². The van der Waals surface area contributed by atoms with Gasteiger partial charge in [0.2, 0.25) is 0 Å². The fraction of sp³-hybridized carbons (Fsp3) is 0.846. The van der Waals surface area contributed by atoms with E-state index >= 15 is 0 Å². The Morgan fingerprint density at radius 1 is 0.537 bits per heavy atom. The lowest BCUT2D eigenvalue weighted by molar-refractivity contribution is -0.156. The van der Waals surface area contributed by atoms with E-state index in [0.717, 1.165) is 129 Å². The zero-order valence-corrected chi connectivity index (χ0v) is 42.0. The highest BCUT2D eigenvalue weighted by Gasteiger charge is 2.31. The van der Waals surface area contributed by atoms with Crippen LogP contribution in [0.5, 0.6) is 0 Å². The summed E-state index contributed by atoms with van der Waals surface area (Å²) in [6.07, 6.45) is 23.4. The lowest BCUT2D eigenvalue weighted by atomic mass is 10.1. The zero-order chi connectivity index (χ0) is 48.9. The van der Waals surface area contributed by atoms with Crippen LogP contribution in [-0.2, 0) is 52.4 Å². The van der Waals surface area contributed by atoms with Crippen molar-refractivity contribution in [3.05, 3.63) is 12.2 Å². The monoisotopic (exact) mass is 951 g/mol. The van der Waals surface area contributed by atoms with Gasteiger partial charge in [0.15, 0.2) is 0 Å². The predicted molar refractivity (Wildman–Crippen MR) is 257 cm³/mol. The van der Waals surface area contributed by atoms with Crippen LogP contribution in [-0.4, -0.2) is 129 Å². The fourth-order valence-electron chi connectivity index (χ4n) is 8.22. The summed E-state index contributed by atoms with van der Waals surface area (Å²) in [5.41, 5.74) is 0. The summed E-state index contributed by atoms with van der Waals surface area (Å²) in [5, 5.41) is 10.0. The highest BCUT2D eigenvalue weighted by molar-refractivity contribution is 5.73. The van der Waals surface area contributed by atoms with Gasteiger partial charge in [-0.2, -0.15) is 0 Å². The molecule has 386 valence electrons. The Hall–Kier alpha value is -3.72. The topological polar surface area (TPSA) is 185 Å². The van der Waals surface area contributed by atoms with Crippen molar-refractivity contribution < 1.29 is 62.3 Å². The van der Waals surface area contributed by atoms with E-state index in [0.29, 0.717) is 12.8 Å². The molecular formula is C52H90N2O13. The van der Waals surface area contributed by atoms with Crippen molar-refractivity contribution >= 4 is 35.9 Å². The number of hydrogen-bond donors (Lipinski definition) is 1. The van der Waals surface area contributed by atoms with Crippen LogP contribution in [0.2, 0.25) is 0 Å². The molecule has 0 bridgehead atoms. The second-order valence-electron chi connectivity index (χ2n) is 18.8. The molecule has 1 fully saturated rings. The quantitative estimate of drug-likeness (QED) is 0.0271. The second-order valence-corrected chi connectivity index (χ2v) is 18.8. The molecule has 0 aromatic rings. The first-order valence-corrected chi connectivity index (χ1v) is 26.2. The Kier molecular flexibility index (Phi) is 33.8. The van der Waals surface area contributed by atoms with E-state index in [1.54, 1.807) is 12.2 Å². The normalized spacial score (nSPS) is 18.1. The largest absolute Gasteiger partial charge is 0.465 e. The first-order chi connectivity index (χ1) is 32.5. The number of carbonyl (C=O) groups excluding carboxylic acids is 6. The molecule has 0 radical (unpaired) electrons. The number of likely N-dealkylation sites (tertiary alicyclic amines) is 1. The van der Waals surface area contributed by atoms with Crippen molar-refractivity contribution in [2.45, 2.75) is 212 Å². The molecule has 1 saturated heterocycles. The van der Waals surface area contributed by atoms with E-state index in [2.05, 4.69) is 25.7 Å². The minimum absolute atomic E-state index is 0.0471. The fourth-order valence-corrected chi connectivity index (χ4v) is 8.22. The maximum Gasteiger partial charge on any atom is 0.410 e. The van der Waals surface area contributed by atoms with Crippen molar-refractivity contribution in [1.82, 2.24) is 9.80 Å². The van der Waals surface area contributed by atoms with Gasteiger partial charge in [-0.25, -0.2) is 4.79 Å². The number of likely N-dealkylation sites (N-methyl/N-ethyl adjacent to an activating group) is 1. The highest BCUT2D eigenvalue weighted by Crippen LogP contribution is 2.20. The molecule has 67 heavy (non-hydrogen) atoms. The molecule has 15 nitrogen and oxygen atoms in total. The van der Waals surface area contributed by atoms with Crippen LogP contribution in [0, 0.1) is 11.8 Å². The van der Waals surface area contributed by atoms with E-state index in [9.17, 15) is 33.9 Å². The smallest absolute Gasteiger partial charge is 0.410 e. The molecule has 4 atom stereocenters. The molecule has 2 unspecified atom stereocenters. The summed E-state index contributed by atoms with van der Waals surface area (Å²) in [6, 6.07) is 0.0471. The van der Waals surface area contributed by atoms with Crippen molar-refractivity contribution in [3.8, 4) is 0 Å². The van der Waals surface area contributed by atoms with Crippen LogP contribution in [0.25, 0.3) is 0 Å². The van der Waals surface area contributed by atoms with Gasteiger partial charge in [0, 0.05) is 43.7 Å². The van der Waals surface area contributed by atoms with Gasteiger partial charge in [-0.1, -0.05) is 130 Å². The number of esters is 5. The number of hydrogen-bond acceptors (Lipinski definition) is 14. The van der Waals surface area contributed by atoms with Crippen molar-refractivity contribution in [2.75, 3.05) is 59.7 Å². The van der Waals surface area contributed by atoms with Crippen LogP contribution in [0.15, 0.2) is 12.2 Å². The second kappa shape index (κ2) is 38.2. The molecule has 2 aliphatic rings. The SMILES string of the molecule is CCCCCCCCC(=O)OCC(COC(=O)CCCCCCCC)CC(=O)O[C@@H]1C=C[C@H](OC(=O)CC(CO)COC(=O)CCCCCCCC)CN(C(=O)OCC2CCCCCN2C)C1. The number of amides is 1. The predicted octanol–water partition coefficient (Wildman–Crippen LogP) is 9.58. The summed E-state index contributed by atoms with van der Waals surface area (Å²) in [4.78, 5) is 81.8. The van der Waals surface area contributed by atoms with Gasteiger partial charge in [-0.3, -0.25) is 24.0 Å². The zero-order valence-electron chi connectivity index (χ0n) is 42.0. The molecule has 15 heteroatoms. The average Bonchev–Trinajstić information content (AvgIpc) is 3.65. The first kappa shape index (κ1) is 59.4. The molecule has 0 aliphatic carbocycles. The Morgan fingerprint density at radius 3 is 1.40 bits per heavy atom. The maximum atomic E-state index is 13.7. The third-order valence-corrected chi connectivity index (χ3v) is 12.5. The number of aliphatic hydroxyl groups excluding tert-OH is 1. The third kappa shape index (κ3) is 29.7. The Labute approximate surface area is 403 Å². The van der Waals surface area contributed by atoms with Gasteiger partial charge in [0.05, 0.1) is 45.8 Å². The molecular weight excluding hydrogens is 861 g/mol. The summed E-state index contributed by atoms with van der Waals surface area (Å²) >= 11 is 0. The van der Waals surface area contributed by atoms with Crippen LogP contribution >= 0.6 is 0 Å². The van der Waals surface area contributed by atoms with Crippen LogP contribution < -0.4 is 0 Å². The highest BCUT2D eigenvalue weighted by atomic mass is 16.6. The number of ether oxygens (including phenoxy) is 6. The lowest BCUT2D eigenvalue weighted by Gasteiger charge is -2.29.